The van der Waals surface area contributed by atoms with Crippen LogP contribution in [0.1, 0.15) is 11.1 Å². The predicted octanol–water partition coefficient (Wildman–Crippen LogP) is 3.43. The van der Waals surface area contributed by atoms with Crippen molar-refractivity contribution in [1.29, 1.82) is 0 Å². The van der Waals surface area contributed by atoms with E-state index in [2.05, 4.69) is 0 Å². The highest BCUT2D eigenvalue weighted by molar-refractivity contribution is 5.40. The minimum Gasteiger partial charge on any atom is -0.489 e. The number of nitrogens with two attached hydrogens (primary N) is 1. The van der Waals surface area contributed by atoms with Gasteiger partial charge in [-0.3, -0.25) is 0 Å². The first kappa shape index (κ1) is 12.4. The summed E-state index contributed by atoms with van der Waals surface area (Å²) in [6.07, 6.45) is 0. The van der Waals surface area contributed by atoms with Crippen LogP contribution >= 0.6 is 0 Å². The van der Waals surface area contributed by atoms with E-state index in [-0.39, 0.29) is 12.4 Å². The number of aryl methyl sites for hydroxylation is 1. The van der Waals surface area contributed by atoms with Crippen LogP contribution in [0, 0.1) is 18.6 Å². The molecule has 0 aliphatic heterocycles. The van der Waals surface area contributed by atoms with Crippen LogP contribution in [0.4, 0.5) is 14.5 Å². The molecule has 2 N–H and O–H groups in total. The minimum atomic E-state index is -0.428. The SMILES string of the molecule is Cc1ccc(OCc2ccc(N)cc2F)cc1F. The quantitative estimate of drug-likeness (QED) is 0.846. The van der Waals surface area contributed by atoms with Crippen molar-refractivity contribution >= 4 is 5.69 Å². The summed E-state index contributed by atoms with van der Waals surface area (Å²) >= 11 is 0. The molecular formula is C14H13F2NO. The van der Waals surface area contributed by atoms with E-state index in [9.17, 15) is 8.78 Å². The summed E-state index contributed by atoms with van der Waals surface area (Å²) in [4.78, 5) is 0. The molecule has 2 nitrogen and oxygen atoms in total. The third-order valence-electron chi connectivity index (χ3n) is 2.61. The van der Waals surface area contributed by atoms with Crippen LogP contribution in [0.3, 0.4) is 0 Å². The normalized spacial score (nSPS) is 10.4. The Kier molecular flexibility index (Phi) is 3.46. The van der Waals surface area contributed by atoms with E-state index in [0.717, 1.165) is 0 Å². The van der Waals surface area contributed by atoms with Gasteiger partial charge < -0.3 is 10.5 Å². The molecule has 0 spiro atoms. The summed E-state index contributed by atoms with van der Waals surface area (Å²) in [5.74, 6) is -0.401. The van der Waals surface area contributed by atoms with Gasteiger partial charge in [0.05, 0.1) is 0 Å². The third kappa shape index (κ3) is 2.77. The van der Waals surface area contributed by atoms with Crippen LogP contribution in [0.2, 0.25) is 0 Å². The summed E-state index contributed by atoms with van der Waals surface area (Å²) in [5, 5.41) is 0. The first-order chi connectivity index (χ1) is 8.56. The van der Waals surface area contributed by atoms with E-state index in [1.54, 1.807) is 31.2 Å². The molecular weight excluding hydrogens is 236 g/mol. The highest BCUT2D eigenvalue weighted by Gasteiger charge is 2.05. The van der Waals surface area contributed by atoms with Gasteiger partial charge in [-0.2, -0.15) is 0 Å². The Bertz CT molecular complexity index is 570. The fraction of sp³-hybridized carbons (Fsp3) is 0.143. The van der Waals surface area contributed by atoms with E-state index in [0.29, 0.717) is 22.6 Å². The van der Waals surface area contributed by atoms with Gasteiger partial charge in [0.25, 0.3) is 0 Å². The highest BCUT2D eigenvalue weighted by atomic mass is 19.1. The van der Waals surface area contributed by atoms with Crippen molar-refractivity contribution in [3.8, 4) is 5.75 Å². The second-order valence-corrected chi connectivity index (χ2v) is 4.05. The number of halogens is 2. The van der Waals surface area contributed by atoms with Crippen LogP contribution in [0.15, 0.2) is 36.4 Å². The van der Waals surface area contributed by atoms with Crippen molar-refractivity contribution in [2.24, 2.45) is 0 Å². The average molecular weight is 249 g/mol. The second kappa shape index (κ2) is 5.04. The molecule has 0 radical (unpaired) electrons. The zero-order valence-corrected chi connectivity index (χ0v) is 9.91. The first-order valence-corrected chi connectivity index (χ1v) is 5.49. The molecule has 0 saturated heterocycles. The molecule has 0 aliphatic rings. The van der Waals surface area contributed by atoms with E-state index >= 15 is 0 Å². The Labute approximate surface area is 104 Å². The Morgan fingerprint density at radius 2 is 1.83 bits per heavy atom. The van der Waals surface area contributed by atoms with Gasteiger partial charge in [-0.15, -0.1) is 0 Å². The van der Waals surface area contributed by atoms with Gasteiger partial charge in [-0.05, 0) is 30.7 Å². The highest BCUT2D eigenvalue weighted by Crippen LogP contribution is 2.19. The molecule has 2 aromatic rings. The number of hydrogen-bond donors (Lipinski definition) is 1. The number of rotatable bonds is 3. The lowest BCUT2D eigenvalue weighted by Crippen LogP contribution is -2.00. The van der Waals surface area contributed by atoms with Crippen LogP contribution < -0.4 is 10.5 Å². The van der Waals surface area contributed by atoms with Gasteiger partial charge in [0.15, 0.2) is 0 Å². The molecule has 2 rings (SSSR count). The van der Waals surface area contributed by atoms with E-state index in [4.69, 9.17) is 10.5 Å². The molecule has 0 bridgehead atoms. The number of ether oxygens (including phenoxy) is 1. The van der Waals surface area contributed by atoms with Gasteiger partial charge in [-0.1, -0.05) is 12.1 Å². The largest absolute Gasteiger partial charge is 0.489 e. The van der Waals surface area contributed by atoms with Gasteiger partial charge in [-0.25, -0.2) is 8.78 Å². The molecule has 0 aliphatic carbocycles. The van der Waals surface area contributed by atoms with Crippen LogP contribution in [-0.4, -0.2) is 0 Å². The fourth-order valence-electron chi connectivity index (χ4n) is 1.51. The Morgan fingerprint density at radius 3 is 2.50 bits per heavy atom. The molecule has 4 heteroatoms. The smallest absolute Gasteiger partial charge is 0.131 e. The van der Waals surface area contributed by atoms with Crippen LogP contribution in [0.5, 0.6) is 5.75 Å². The van der Waals surface area contributed by atoms with Crippen molar-refractivity contribution in [2.45, 2.75) is 13.5 Å². The monoisotopic (exact) mass is 249 g/mol. The van der Waals surface area contributed by atoms with E-state index in [1.807, 2.05) is 0 Å². The Morgan fingerprint density at radius 1 is 1.06 bits per heavy atom. The molecule has 0 saturated carbocycles. The van der Waals surface area contributed by atoms with Crippen molar-refractivity contribution in [3.63, 3.8) is 0 Å². The van der Waals surface area contributed by atoms with Crippen LogP contribution in [0.25, 0.3) is 0 Å². The molecule has 0 heterocycles. The zero-order chi connectivity index (χ0) is 13.1. The van der Waals surface area contributed by atoms with Gasteiger partial charge in [0.2, 0.25) is 0 Å². The number of benzene rings is 2. The maximum atomic E-state index is 13.5. The molecule has 0 atom stereocenters. The van der Waals surface area contributed by atoms with Gasteiger partial charge in [0, 0.05) is 17.3 Å². The number of hydrogen-bond acceptors (Lipinski definition) is 2. The van der Waals surface area contributed by atoms with Crippen molar-refractivity contribution < 1.29 is 13.5 Å². The topological polar surface area (TPSA) is 35.2 Å². The lowest BCUT2D eigenvalue weighted by Gasteiger charge is -2.08. The maximum Gasteiger partial charge on any atom is 0.131 e. The number of anilines is 1. The molecule has 0 amide bonds. The Hall–Kier alpha value is -2.10. The van der Waals surface area contributed by atoms with Crippen molar-refractivity contribution in [2.75, 3.05) is 5.73 Å². The summed E-state index contributed by atoms with van der Waals surface area (Å²) in [7, 11) is 0. The van der Waals surface area contributed by atoms with E-state index in [1.165, 1.54) is 12.1 Å². The molecule has 0 fully saturated rings. The lowest BCUT2D eigenvalue weighted by molar-refractivity contribution is 0.298. The summed E-state index contributed by atoms with van der Waals surface area (Å²) in [6, 6.07) is 8.92. The molecule has 2 aromatic carbocycles. The molecule has 0 unspecified atom stereocenters. The first-order valence-electron chi connectivity index (χ1n) is 5.49. The lowest BCUT2D eigenvalue weighted by atomic mass is 10.2. The zero-order valence-electron chi connectivity index (χ0n) is 9.91. The predicted molar refractivity (Wildman–Crippen MR) is 66.3 cm³/mol. The fourth-order valence-corrected chi connectivity index (χ4v) is 1.51. The maximum absolute atomic E-state index is 13.5. The van der Waals surface area contributed by atoms with Crippen LogP contribution in [-0.2, 0) is 6.61 Å². The average Bonchev–Trinajstić information content (AvgIpc) is 2.32. The summed E-state index contributed by atoms with van der Waals surface area (Å²) in [6.45, 7) is 1.70. The van der Waals surface area contributed by atoms with Crippen molar-refractivity contribution in [1.82, 2.24) is 0 Å². The third-order valence-corrected chi connectivity index (χ3v) is 2.61. The Balaban J connectivity index is 2.09. The van der Waals surface area contributed by atoms with Crippen molar-refractivity contribution in [3.05, 3.63) is 59.2 Å². The van der Waals surface area contributed by atoms with E-state index < -0.39 is 5.82 Å². The van der Waals surface area contributed by atoms with Gasteiger partial charge in [0.1, 0.15) is 24.0 Å². The standard InChI is InChI=1S/C14H13F2NO/c1-9-2-5-12(7-13(9)15)18-8-10-3-4-11(17)6-14(10)16/h2-7H,8,17H2,1H3. The summed E-state index contributed by atoms with van der Waals surface area (Å²) < 4.78 is 32.1. The molecule has 0 aromatic heterocycles. The summed E-state index contributed by atoms with van der Waals surface area (Å²) in [5.41, 5.74) is 6.72. The van der Waals surface area contributed by atoms with Gasteiger partial charge >= 0.3 is 0 Å². The second-order valence-electron chi connectivity index (χ2n) is 4.05. The molecule has 94 valence electrons. The number of nitrogen functional groups attached to an aromatic ring is 1. The minimum absolute atomic E-state index is 0.0363. The molecule has 18 heavy (non-hydrogen) atoms.